The summed E-state index contributed by atoms with van der Waals surface area (Å²) < 4.78 is 0. The zero-order valence-corrected chi connectivity index (χ0v) is 8.61. The Morgan fingerprint density at radius 1 is 1.29 bits per heavy atom. The molecule has 0 amide bonds. The molecule has 1 aromatic rings. The van der Waals surface area contributed by atoms with Crippen LogP contribution in [0.3, 0.4) is 0 Å². The topological polar surface area (TPSA) is 50.7 Å². The number of hydrazone groups is 1. The van der Waals surface area contributed by atoms with E-state index in [0.29, 0.717) is 5.56 Å². The second-order valence-electron chi connectivity index (χ2n) is 3.08. The van der Waals surface area contributed by atoms with Crippen LogP contribution in [-0.4, -0.2) is 27.0 Å². The molecule has 0 aliphatic rings. The molecular formula is C10H14N3O-. The van der Waals surface area contributed by atoms with Gasteiger partial charge in [0.05, 0.1) is 0 Å². The van der Waals surface area contributed by atoms with Crippen molar-refractivity contribution in [3.05, 3.63) is 29.8 Å². The molecular weight excluding hydrogens is 178 g/mol. The van der Waals surface area contributed by atoms with E-state index >= 15 is 0 Å². The summed E-state index contributed by atoms with van der Waals surface area (Å²) in [4.78, 5) is 1.98. The molecule has 14 heavy (non-hydrogen) atoms. The van der Waals surface area contributed by atoms with Crippen molar-refractivity contribution in [1.82, 2.24) is 5.43 Å². The minimum absolute atomic E-state index is 0.252. The van der Waals surface area contributed by atoms with Crippen LogP contribution in [0.2, 0.25) is 0 Å². The van der Waals surface area contributed by atoms with Crippen molar-refractivity contribution in [3.8, 4) is 0 Å². The summed E-state index contributed by atoms with van der Waals surface area (Å²) in [7, 11) is 5.51. The molecule has 4 heteroatoms. The van der Waals surface area contributed by atoms with Crippen molar-refractivity contribution in [2.75, 3.05) is 26.0 Å². The Morgan fingerprint density at radius 3 is 2.29 bits per heavy atom. The first-order chi connectivity index (χ1) is 6.65. The molecule has 0 heterocycles. The van der Waals surface area contributed by atoms with Crippen molar-refractivity contribution < 1.29 is 5.11 Å². The molecule has 0 spiro atoms. The number of anilines is 1. The number of hydrogen-bond donors (Lipinski definition) is 1. The van der Waals surface area contributed by atoms with Crippen molar-refractivity contribution in [1.29, 1.82) is 0 Å². The molecule has 0 radical (unpaired) electrons. The van der Waals surface area contributed by atoms with Gasteiger partial charge in [-0.3, -0.25) is 0 Å². The first kappa shape index (κ1) is 10.4. The first-order valence-electron chi connectivity index (χ1n) is 4.34. The summed E-state index contributed by atoms with van der Waals surface area (Å²) in [5.74, 6) is -0.252. The van der Waals surface area contributed by atoms with Gasteiger partial charge in [-0.1, -0.05) is 12.1 Å². The van der Waals surface area contributed by atoms with Gasteiger partial charge in [0, 0.05) is 32.7 Å². The molecule has 0 saturated carbocycles. The van der Waals surface area contributed by atoms with Crippen molar-refractivity contribution in [2.24, 2.45) is 5.10 Å². The summed E-state index contributed by atoms with van der Waals surface area (Å²) in [5.41, 5.74) is 4.12. The molecule has 0 aromatic heterocycles. The second-order valence-corrected chi connectivity index (χ2v) is 3.08. The van der Waals surface area contributed by atoms with E-state index in [1.807, 2.05) is 31.1 Å². The van der Waals surface area contributed by atoms with Gasteiger partial charge in [0.25, 0.3) is 0 Å². The maximum Gasteiger partial charge on any atom is 0.0361 e. The summed E-state index contributed by atoms with van der Waals surface area (Å²) in [6, 6.07) is 7.30. The zero-order chi connectivity index (χ0) is 10.6. The highest BCUT2D eigenvalue weighted by Crippen LogP contribution is 2.11. The van der Waals surface area contributed by atoms with Crippen LogP contribution in [0.4, 0.5) is 5.69 Å². The smallest absolute Gasteiger partial charge is 0.0361 e. The van der Waals surface area contributed by atoms with Crippen LogP contribution in [0.15, 0.2) is 29.4 Å². The van der Waals surface area contributed by atoms with Crippen LogP contribution in [-0.2, 0) is 0 Å². The third kappa shape index (κ3) is 2.39. The van der Waals surface area contributed by atoms with Gasteiger partial charge in [-0.25, -0.2) is 0 Å². The van der Waals surface area contributed by atoms with Crippen molar-refractivity contribution in [2.45, 2.75) is 0 Å². The lowest BCUT2D eigenvalue weighted by Crippen LogP contribution is -2.21. The third-order valence-corrected chi connectivity index (χ3v) is 1.84. The monoisotopic (exact) mass is 192 g/mol. The van der Waals surface area contributed by atoms with Crippen LogP contribution in [0.1, 0.15) is 5.56 Å². The highest BCUT2D eigenvalue weighted by molar-refractivity contribution is 5.90. The Morgan fingerprint density at radius 2 is 1.86 bits per heavy atom. The largest absolute Gasteiger partial charge is 0.857 e. The minimum atomic E-state index is -0.252. The first-order valence-corrected chi connectivity index (χ1v) is 4.34. The van der Waals surface area contributed by atoms with Gasteiger partial charge >= 0.3 is 0 Å². The van der Waals surface area contributed by atoms with Crippen molar-refractivity contribution in [3.63, 3.8) is 0 Å². The molecule has 4 nitrogen and oxygen atoms in total. The molecule has 76 valence electrons. The molecule has 0 unspecified atom stereocenters. The highest BCUT2D eigenvalue weighted by atomic mass is 16.3. The SMILES string of the molecule is CNN=C([O-])c1ccc(N(C)C)cc1. The van der Waals surface area contributed by atoms with Crippen LogP contribution >= 0.6 is 0 Å². The molecule has 0 aliphatic carbocycles. The summed E-state index contributed by atoms with van der Waals surface area (Å²) in [5, 5.41) is 14.8. The molecule has 1 aromatic carbocycles. The summed E-state index contributed by atoms with van der Waals surface area (Å²) in [6.07, 6.45) is 0. The molecule has 0 bridgehead atoms. The van der Waals surface area contributed by atoms with E-state index in [1.54, 1.807) is 19.2 Å². The Kier molecular flexibility index (Phi) is 3.34. The lowest BCUT2D eigenvalue weighted by atomic mass is 10.2. The van der Waals surface area contributed by atoms with Crippen molar-refractivity contribution >= 4 is 11.6 Å². The number of benzene rings is 1. The Labute approximate surface area is 83.9 Å². The van der Waals surface area contributed by atoms with Gasteiger partial charge in [-0.2, -0.15) is 5.10 Å². The molecule has 1 N–H and O–H groups in total. The summed E-state index contributed by atoms with van der Waals surface area (Å²) >= 11 is 0. The van der Waals surface area contributed by atoms with E-state index < -0.39 is 0 Å². The molecule has 1 rings (SSSR count). The lowest BCUT2D eigenvalue weighted by molar-refractivity contribution is -0.213. The zero-order valence-electron chi connectivity index (χ0n) is 8.61. The van der Waals surface area contributed by atoms with Gasteiger partial charge in [0.1, 0.15) is 0 Å². The highest BCUT2D eigenvalue weighted by Gasteiger charge is 1.95. The molecule has 0 saturated heterocycles. The number of hydrogen-bond acceptors (Lipinski definition) is 4. The lowest BCUT2D eigenvalue weighted by Gasteiger charge is -2.14. The Bertz CT molecular complexity index is 317. The fourth-order valence-corrected chi connectivity index (χ4v) is 1.07. The van der Waals surface area contributed by atoms with Gasteiger partial charge in [0.2, 0.25) is 0 Å². The third-order valence-electron chi connectivity index (χ3n) is 1.84. The molecule has 0 atom stereocenters. The normalized spacial score (nSPS) is 11.2. The predicted octanol–water partition coefficient (Wildman–Crippen LogP) is -0.00610. The van der Waals surface area contributed by atoms with E-state index in [1.165, 1.54) is 0 Å². The maximum absolute atomic E-state index is 11.3. The van der Waals surface area contributed by atoms with E-state index in [-0.39, 0.29) is 5.90 Å². The quantitative estimate of drug-likeness (QED) is 0.416. The number of nitrogens with one attached hydrogen (secondary N) is 1. The van der Waals surface area contributed by atoms with E-state index in [0.717, 1.165) is 5.69 Å². The average molecular weight is 192 g/mol. The number of rotatable bonds is 3. The van der Waals surface area contributed by atoms with Crippen LogP contribution in [0, 0.1) is 0 Å². The van der Waals surface area contributed by atoms with E-state index in [9.17, 15) is 5.11 Å². The van der Waals surface area contributed by atoms with Gasteiger partial charge in [0.15, 0.2) is 0 Å². The van der Waals surface area contributed by atoms with Gasteiger partial charge in [-0.15, -0.1) is 0 Å². The van der Waals surface area contributed by atoms with E-state index in [4.69, 9.17) is 0 Å². The summed E-state index contributed by atoms with van der Waals surface area (Å²) in [6.45, 7) is 0. The van der Waals surface area contributed by atoms with Crippen LogP contribution < -0.4 is 15.4 Å². The van der Waals surface area contributed by atoms with Gasteiger partial charge < -0.3 is 15.4 Å². The predicted molar refractivity (Wildman–Crippen MR) is 56.4 cm³/mol. The van der Waals surface area contributed by atoms with Crippen LogP contribution in [0.25, 0.3) is 0 Å². The number of nitrogens with zero attached hydrogens (tertiary/aromatic N) is 2. The second kappa shape index (κ2) is 4.50. The van der Waals surface area contributed by atoms with E-state index in [2.05, 4.69) is 10.5 Å². The fraction of sp³-hybridized carbons (Fsp3) is 0.300. The fourth-order valence-electron chi connectivity index (χ4n) is 1.07. The van der Waals surface area contributed by atoms with Gasteiger partial charge in [-0.05, 0) is 17.7 Å². The average Bonchev–Trinajstić information content (AvgIpc) is 2.18. The standard InChI is InChI=1S/C10H15N3O/c1-11-12-10(14)8-4-6-9(7-5-8)13(2)3/h4-7,11H,1-3H3,(H,12,14)/p-1. The Balaban J connectivity index is 2.88. The molecule has 0 aliphatic heterocycles. The Hall–Kier alpha value is -1.71. The maximum atomic E-state index is 11.3. The van der Waals surface area contributed by atoms with Crippen LogP contribution in [0.5, 0.6) is 0 Å². The minimum Gasteiger partial charge on any atom is -0.857 e. The molecule has 0 fully saturated rings.